The van der Waals surface area contributed by atoms with Gasteiger partial charge in [-0.15, -0.1) is 11.3 Å². The van der Waals surface area contributed by atoms with E-state index in [4.69, 9.17) is 9.15 Å². The van der Waals surface area contributed by atoms with Crippen LogP contribution in [0.1, 0.15) is 54.2 Å². The average molecular weight is 431 g/mol. The smallest absolute Gasteiger partial charge is 0.419 e. The lowest BCUT2D eigenvalue weighted by Gasteiger charge is -2.32. The molecule has 0 aliphatic heterocycles. The number of hydrogen-bond acceptors (Lipinski definition) is 8. The Morgan fingerprint density at radius 2 is 2.07 bits per heavy atom. The summed E-state index contributed by atoms with van der Waals surface area (Å²) in [6.45, 7) is 0. The highest BCUT2D eigenvalue weighted by atomic mass is 32.1. The Kier molecular flexibility index (Phi) is 5.02. The fourth-order valence-corrected chi connectivity index (χ4v) is 6.12. The monoisotopic (exact) mass is 430 g/mol. The minimum atomic E-state index is -0.628. The van der Waals surface area contributed by atoms with E-state index < -0.39 is 5.76 Å². The van der Waals surface area contributed by atoms with Gasteiger partial charge in [-0.3, -0.25) is 4.98 Å². The Morgan fingerprint density at radius 3 is 2.77 bits per heavy atom. The predicted octanol–water partition coefficient (Wildman–Crippen LogP) is 3.20. The first-order chi connectivity index (χ1) is 14.5. The molecule has 160 valence electrons. The van der Waals surface area contributed by atoms with Gasteiger partial charge in [0.25, 0.3) is 0 Å². The maximum Gasteiger partial charge on any atom is 0.419 e. The van der Waals surface area contributed by atoms with Crippen molar-refractivity contribution in [1.29, 1.82) is 0 Å². The van der Waals surface area contributed by atoms with Crippen molar-refractivity contribution in [3.05, 3.63) is 33.1 Å². The Bertz CT molecular complexity index is 1110. The lowest BCUT2D eigenvalue weighted by molar-refractivity contribution is 0.108. The minimum Gasteiger partial charge on any atom is -0.492 e. The average Bonchev–Trinajstić information content (AvgIpc) is 3.37. The van der Waals surface area contributed by atoms with E-state index in [1.807, 2.05) is 0 Å². The first kappa shape index (κ1) is 19.6. The molecule has 0 bridgehead atoms. The summed E-state index contributed by atoms with van der Waals surface area (Å²) in [4.78, 5) is 27.2. The van der Waals surface area contributed by atoms with Crippen LogP contribution in [0.3, 0.4) is 0 Å². The van der Waals surface area contributed by atoms with Crippen LogP contribution in [0.5, 0.6) is 11.8 Å². The fraction of sp³-hybridized carbons (Fsp3) is 0.571. The molecule has 2 aliphatic rings. The molecule has 0 amide bonds. The number of aromatic amines is 1. The van der Waals surface area contributed by atoms with Gasteiger partial charge < -0.3 is 19.2 Å². The van der Waals surface area contributed by atoms with Gasteiger partial charge in [0, 0.05) is 17.3 Å². The molecule has 9 heteroatoms. The Morgan fingerprint density at radius 1 is 1.27 bits per heavy atom. The van der Waals surface area contributed by atoms with Gasteiger partial charge in [0.2, 0.25) is 11.8 Å². The zero-order valence-electron chi connectivity index (χ0n) is 17.2. The van der Waals surface area contributed by atoms with Gasteiger partial charge in [-0.1, -0.05) is 0 Å². The number of rotatable bonds is 5. The molecule has 2 aliphatic carbocycles. The van der Waals surface area contributed by atoms with Gasteiger partial charge in [0.1, 0.15) is 17.3 Å². The molecule has 1 atom stereocenters. The molecule has 0 aromatic carbocycles. The topological polar surface area (TPSA) is 104 Å². The number of aromatic hydroxyl groups is 1. The van der Waals surface area contributed by atoms with Crippen molar-refractivity contribution in [1.82, 2.24) is 19.9 Å². The van der Waals surface area contributed by atoms with Crippen LogP contribution in [0.4, 0.5) is 0 Å². The van der Waals surface area contributed by atoms with Crippen LogP contribution in [0.2, 0.25) is 0 Å². The second-order valence-corrected chi connectivity index (χ2v) is 9.62. The third kappa shape index (κ3) is 3.50. The van der Waals surface area contributed by atoms with E-state index in [0.29, 0.717) is 24.1 Å². The van der Waals surface area contributed by atoms with Crippen LogP contribution < -0.4 is 10.5 Å². The summed E-state index contributed by atoms with van der Waals surface area (Å²) in [6.07, 6.45) is 8.40. The first-order valence-electron chi connectivity index (χ1n) is 10.5. The molecule has 3 aromatic rings. The van der Waals surface area contributed by atoms with E-state index in [2.05, 4.69) is 33.9 Å². The van der Waals surface area contributed by atoms with Gasteiger partial charge >= 0.3 is 5.76 Å². The largest absolute Gasteiger partial charge is 0.492 e. The number of H-pyrrole nitrogens is 1. The highest BCUT2D eigenvalue weighted by molar-refractivity contribution is 7.19. The Hall–Kier alpha value is -2.39. The SMILES string of the molecule is CN(C)C1CCC(Oc2ncnc3sc4c(c23)C(Cc2oc(=O)[nH]c2O)CC4)CC1. The Balaban J connectivity index is 1.43. The molecule has 3 heterocycles. The summed E-state index contributed by atoms with van der Waals surface area (Å²) in [5, 5.41) is 10.9. The van der Waals surface area contributed by atoms with Crippen molar-refractivity contribution in [2.75, 3.05) is 14.1 Å². The number of nitrogens with one attached hydrogen (secondary N) is 1. The highest BCUT2D eigenvalue weighted by Crippen LogP contribution is 2.47. The van der Waals surface area contributed by atoms with Crippen molar-refractivity contribution < 1.29 is 14.3 Å². The molecule has 0 saturated heterocycles. The number of aryl methyl sites for hydroxylation is 1. The molecule has 1 unspecified atom stereocenters. The zero-order chi connectivity index (χ0) is 20.8. The summed E-state index contributed by atoms with van der Waals surface area (Å²) in [6, 6.07) is 0.619. The molecular formula is C21H26N4O4S. The molecule has 0 radical (unpaired) electrons. The number of nitrogens with zero attached hydrogens (tertiary/aromatic N) is 3. The van der Waals surface area contributed by atoms with Gasteiger partial charge in [-0.2, -0.15) is 0 Å². The molecule has 1 saturated carbocycles. The molecule has 5 rings (SSSR count). The number of ether oxygens (including phenoxy) is 1. The second-order valence-electron chi connectivity index (χ2n) is 8.54. The first-order valence-corrected chi connectivity index (χ1v) is 11.3. The summed E-state index contributed by atoms with van der Waals surface area (Å²) < 4.78 is 11.6. The van der Waals surface area contributed by atoms with Gasteiger partial charge in [0.15, 0.2) is 5.76 Å². The fourth-order valence-electron chi connectivity index (χ4n) is 4.89. The van der Waals surface area contributed by atoms with Gasteiger partial charge in [-0.25, -0.2) is 14.8 Å². The predicted molar refractivity (Wildman–Crippen MR) is 114 cm³/mol. The Labute approximate surface area is 177 Å². The number of thiophene rings is 1. The maximum absolute atomic E-state index is 11.4. The van der Waals surface area contributed by atoms with Crippen molar-refractivity contribution in [3.63, 3.8) is 0 Å². The van der Waals surface area contributed by atoms with Crippen LogP contribution in [0.25, 0.3) is 10.2 Å². The molecular weight excluding hydrogens is 404 g/mol. The number of fused-ring (bicyclic) bond motifs is 3. The number of oxazole rings is 1. The molecule has 1 fully saturated rings. The van der Waals surface area contributed by atoms with Crippen LogP contribution >= 0.6 is 11.3 Å². The number of hydrogen-bond donors (Lipinski definition) is 2. The van der Waals surface area contributed by atoms with Crippen molar-refractivity contribution in [2.24, 2.45) is 0 Å². The standard InChI is InChI=1S/C21H26N4O4S/c1-25(2)12-4-6-13(7-5-12)28-19-17-16-11(9-14-18(26)24-21(27)29-14)3-8-15(16)30-20(17)23-10-22-19/h10-13,26H,3-9H2,1-2H3,(H,24,27). The normalized spacial score (nSPS) is 23.9. The molecule has 3 aromatic heterocycles. The molecule has 30 heavy (non-hydrogen) atoms. The van der Waals surface area contributed by atoms with Crippen molar-refractivity contribution in [3.8, 4) is 11.8 Å². The van der Waals surface area contributed by atoms with Crippen LogP contribution in [0.15, 0.2) is 15.5 Å². The highest BCUT2D eigenvalue weighted by Gasteiger charge is 2.33. The van der Waals surface area contributed by atoms with Crippen molar-refractivity contribution >= 4 is 21.6 Å². The van der Waals surface area contributed by atoms with E-state index in [1.165, 1.54) is 10.4 Å². The summed E-state index contributed by atoms with van der Waals surface area (Å²) in [5.41, 5.74) is 1.19. The summed E-state index contributed by atoms with van der Waals surface area (Å²) >= 11 is 1.69. The lowest BCUT2D eigenvalue weighted by Crippen LogP contribution is -2.35. The van der Waals surface area contributed by atoms with E-state index in [0.717, 1.165) is 48.7 Å². The van der Waals surface area contributed by atoms with Gasteiger partial charge in [0.05, 0.1) is 5.39 Å². The maximum atomic E-state index is 11.4. The third-order valence-electron chi connectivity index (χ3n) is 6.48. The number of aromatic nitrogens is 3. The quantitative estimate of drug-likeness (QED) is 0.640. The van der Waals surface area contributed by atoms with E-state index in [9.17, 15) is 9.90 Å². The second kappa shape index (κ2) is 7.70. The van der Waals surface area contributed by atoms with Crippen LogP contribution in [-0.4, -0.2) is 51.2 Å². The summed E-state index contributed by atoms with van der Waals surface area (Å²) in [7, 11) is 4.28. The summed E-state index contributed by atoms with van der Waals surface area (Å²) in [5.74, 6) is 0.294. The molecule has 2 N–H and O–H groups in total. The van der Waals surface area contributed by atoms with E-state index >= 15 is 0 Å². The van der Waals surface area contributed by atoms with E-state index in [-0.39, 0.29) is 17.9 Å². The van der Waals surface area contributed by atoms with Gasteiger partial charge in [-0.05, 0) is 64.1 Å². The van der Waals surface area contributed by atoms with E-state index in [1.54, 1.807) is 17.7 Å². The minimum absolute atomic E-state index is 0.136. The molecule has 0 spiro atoms. The zero-order valence-corrected chi connectivity index (χ0v) is 18.0. The van der Waals surface area contributed by atoms with Crippen LogP contribution in [0, 0.1) is 0 Å². The van der Waals surface area contributed by atoms with Crippen molar-refractivity contribution in [2.45, 2.75) is 63.0 Å². The lowest BCUT2D eigenvalue weighted by atomic mass is 9.92. The van der Waals surface area contributed by atoms with Crippen LogP contribution in [-0.2, 0) is 12.8 Å². The molecule has 8 nitrogen and oxygen atoms in total. The third-order valence-corrected chi connectivity index (χ3v) is 7.65.